The van der Waals surface area contributed by atoms with Gasteiger partial charge in [-0.3, -0.25) is 4.79 Å². The highest BCUT2D eigenvalue weighted by Gasteiger charge is 2.32. The summed E-state index contributed by atoms with van der Waals surface area (Å²) in [4.78, 5) is 28.1. The Morgan fingerprint density at radius 1 is 1.37 bits per heavy atom. The fourth-order valence-electron chi connectivity index (χ4n) is 2.89. The number of aliphatic hydroxyl groups is 1. The van der Waals surface area contributed by atoms with Crippen molar-refractivity contribution in [3.05, 3.63) is 35.1 Å². The van der Waals surface area contributed by atoms with Crippen molar-refractivity contribution < 1.29 is 23.8 Å². The highest BCUT2D eigenvalue weighted by molar-refractivity contribution is 5.94. The number of halogens is 1. The molecular formula is C20H25FN2O4. The maximum Gasteiger partial charge on any atom is 0.410 e. The summed E-state index contributed by atoms with van der Waals surface area (Å²) in [5.41, 5.74) is -0.468. The van der Waals surface area contributed by atoms with Crippen LogP contribution in [0.2, 0.25) is 0 Å². The van der Waals surface area contributed by atoms with Crippen molar-refractivity contribution in [2.24, 2.45) is 0 Å². The van der Waals surface area contributed by atoms with Crippen molar-refractivity contribution >= 4 is 12.0 Å². The molecule has 1 heterocycles. The Balaban J connectivity index is 2.08. The quantitative estimate of drug-likeness (QED) is 0.806. The van der Waals surface area contributed by atoms with E-state index in [0.717, 1.165) is 6.07 Å². The number of aliphatic hydroxyl groups excluding tert-OH is 1. The van der Waals surface area contributed by atoms with Crippen molar-refractivity contribution in [1.29, 1.82) is 0 Å². The van der Waals surface area contributed by atoms with Crippen LogP contribution in [0.25, 0.3) is 0 Å². The molecule has 1 aliphatic rings. The maximum atomic E-state index is 14.1. The minimum Gasteiger partial charge on any atom is -0.444 e. The van der Waals surface area contributed by atoms with Crippen LogP contribution in [-0.2, 0) is 4.74 Å². The molecule has 0 aromatic heterocycles. The first-order valence-electron chi connectivity index (χ1n) is 8.76. The Kier molecular flexibility index (Phi) is 6.11. The third-order valence-corrected chi connectivity index (χ3v) is 4.24. The van der Waals surface area contributed by atoms with E-state index in [9.17, 15) is 19.1 Å². The van der Waals surface area contributed by atoms with Crippen molar-refractivity contribution in [2.75, 3.05) is 19.6 Å². The van der Waals surface area contributed by atoms with E-state index in [-0.39, 0.29) is 23.1 Å². The second-order valence-electron chi connectivity index (χ2n) is 7.58. The van der Waals surface area contributed by atoms with Gasteiger partial charge in [-0.15, -0.1) is 6.42 Å². The lowest BCUT2D eigenvalue weighted by Gasteiger charge is -2.40. The van der Waals surface area contributed by atoms with Crippen LogP contribution < -0.4 is 0 Å². The molecule has 0 radical (unpaired) electrons. The Morgan fingerprint density at radius 2 is 2.04 bits per heavy atom. The topological polar surface area (TPSA) is 70.1 Å². The minimum atomic E-state index is -1.36. The van der Waals surface area contributed by atoms with E-state index in [1.54, 1.807) is 30.6 Å². The summed E-state index contributed by atoms with van der Waals surface area (Å²) in [6, 6.07) is 3.58. The zero-order valence-electron chi connectivity index (χ0n) is 16.0. The minimum absolute atomic E-state index is 0.0446. The maximum absolute atomic E-state index is 14.1. The lowest BCUT2D eigenvalue weighted by Crippen LogP contribution is -2.56. The average molecular weight is 376 g/mol. The van der Waals surface area contributed by atoms with Crippen molar-refractivity contribution in [3.63, 3.8) is 0 Å². The van der Waals surface area contributed by atoms with Gasteiger partial charge in [0.2, 0.25) is 0 Å². The molecule has 146 valence electrons. The summed E-state index contributed by atoms with van der Waals surface area (Å²) in [5.74, 6) is 0.973. The lowest BCUT2D eigenvalue weighted by atomic mass is 10.0. The van der Waals surface area contributed by atoms with Crippen molar-refractivity contribution in [3.8, 4) is 12.3 Å². The summed E-state index contributed by atoms with van der Waals surface area (Å²) in [6.07, 6.45) is 3.32. The highest BCUT2D eigenvalue weighted by Crippen LogP contribution is 2.21. The van der Waals surface area contributed by atoms with E-state index in [4.69, 9.17) is 11.2 Å². The Hall–Kier alpha value is -2.59. The first kappa shape index (κ1) is 20.7. The van der Waals surface area contributed by atoms with E-state index in [1.165, 1.54) is 12.1 Å². The zero-order chi connectivity index (χ0) is 20.4. The van der Waals surface area contributed by atoms with E-state index in [2.05, 4.69) is 0 Å². The molecule has 2 atom stereocenters. The second kappa shape index (κ2) is 7.97. The molecule has 2 unspecified atom stereocenters. The Morgan fingerprint density at radius 3 is 2.56 bits per heavy atom. The fraction of sp³-hybridized carbons (Fsp3) is 0.500. The molecule has 1 saturated heterocycles. The number of piperazine rings is 1. The number of rotatable bonds is 2. The SMILES string of the molecule is C#CC(O)c1ccc(C(=O)N2CCN(C(=O)OC(C)(C)C)CC2C)cc1F. The van der Waals surface area contributed by atoms with Gasteiger partial charge in [0.25, 0.3) is 5.91 Å². The molecule has 0 saturated carbocycles. The van der Waals surface area contributed by atoms with Crippen LogP contribution in [0.4, 0.5) is 9.18 Å². The van der Waals surface area contributed by atoms with E-state index in [0.29, 0.717) is 19.6 Å². The van der Waals surface area contributed by atoms with Crippen molar-refractivity contribution in [1.82, 2.24) is 9.80 Å². The number of terminal acetylenes is 1. The van der Waals surface area contributed by atoms with Crippen LogP contribution in [0.15, 0.2) is 18.2 Å². The molecule has 2 amide bonds. The van der Waals surface area contributed by atoms with Gasteiger partial charge < -0.3 is 19.6 Å². The van der Waals surface area contributed by atoms with Crippen LogP contribution in [0.1, 0.15) is 49.7 Å². The first-order valence-corrected chi connectivity index (χ1v) is 8.76. The van der Waals surface area contributed by atoms with Gasteiger partial charge >= 0.3 is 6.09 Å². The highest BCUT2D eigenvalue weighted by atomic mass is 19.1. The van der Waals surface area contributed by atoms with Crippen LogP contribution in [0.5, 0.6) is 0 Å². The second-order valence-corrected chi connectivity index (χ2v) is 7.58. The van der Waals surface area contributed by atoms with E-state index >= 15 is 0 Å². The van der Waals surface area contributed by atoms with Gasteiger partial charge in [-0.25, -0.2) is 9.18 Å². The van der Waals surface area contributed by atoms with Crippen LogP contribution in [0.3, 0.4) is 0 Å². The lowest BCUT2D eigenvalue weighted by molar-refractivity contribution is 0.00616. The molecule has 1 aliphatic heterocycles. The number of hydrogen-bond acceptors (Lipinski definition) is 4. The van der Waals surface area contributed by atoms with Crippen molar-refractivity contribution in [2.45, 2.75) is 45.4 Å². The van der Waals surface area contributed by atoms with Gasteiger partial charge in [-0.1, -0.05) is 12.0 Å². The predicted molar refractivity (Wildman–Crippen MR) is 98.5 cm³/mol. The number of nitrogens with zero attached hydrogens (tertiary/aromatic N) is 2. The normalized spacial score (nSPS) is 18.6. The fourth-order valence-corrected chi connectivity index (χ4v) is 2.89. The summed E-state index contributed by atoms with van der Waals surface area (Å²) in [5, 5.41) is 9.57. The molecule has 1 fully saturated rings. The van der Waals surface area contributed by atoms with Gasteiger partial charge in [0, 0.05) is 36.8 Å². The average Bonchev–Trinajstić information content (AvgIpc) is 2.58. The summed E-state index contributed by atoms with van der Waals surface area (Å²) < 4.78 is 19.5. The Labute approximate surface area is 158 Å². The number of amides is 2. The number of carbonyl (C=O) groups excluding carboxylic acids is 2. The van der Waals surface area contributed by atoms with Crippen LogP contribution in [0, 0.1) is 18.2 Å². The van der Waals surface area contributed by atoms with Crippen LogP contribution in [-0.4, -0.2) is 58.2 Å². The monoisotopic (exact) mass is 376 g/mol. The molecule has 7 heteroatoms. The predicted octanol–water partition coefficient (Wildman–Crippen LogP) is 2.57. The van der Waals surface area contributed by atoms with Gasteiger partial charge in [-0.2, -0.15) is 0 Å². The van der Waals surface area contributed by atoms with Gasteiger partial charge in [-0.05, 0) is 39.8 Å². The third-order valence-electron chi connectivity index (χ3n) is 4.24. The van der Waals surface area contributed by atoms with Gasteiger partial charge in [0.1, 0.15) is 17.5 Å². The third kappa shape index (κ3) is 4.98. The number of ether oxygens (including phenoxy) is 1. The van der Waals surface area contributed by atoms with Gasteiger partial charge in [0.05, 0.1) is 0 Å². The zero-order valence-corrected chi connectivity index (χ0v) is 16.0. The summed E-state index contributed by atoms with van der Waals surface area (Å²) in [7, 11) is 0. The van der Waals surface area contributed by atoms with Crippen LogP contribution >= 0.6 is 0 Å². The number of hydrogen-bond donors (Lipinski definition) is 1. The molecular weight excluding hydrogens is 351 g/mol. The number of carbonyl (C=O) groups is 2. The molecule has 27 heavy (non-hydrogen) atoms. The van der Waals surface area contributed by atoms with Gasteiger partial charge in [0.15, 0.2) is 0 Å². The smallest absolute Gasteiger partial charge is 0.410 e. The molecule has 1 N–H and O–H groups in total. The van der Waals surface area contributed by atoms with E-state index in [1.807, 2.05) is 12.8 Å². The number of benzene rings is 1. The molecule has 0 bridgehead atoms. The largest absolute Gasteiger partial charge is 0.444 e. The molecule has 1 aromatic carbocycles. The summed E-state index contributed by atoms with van der Waals surface area (Å²) >= 11 is 0. The molecule has 0 spiro atoms. The van der Waals surface area contributed by atoms with E-state index < -0.39 is 23.6 Å². The Bertz CT molecular complexity index is 766. The molecule has 1 aromatic rings. The first-order chi connectivity index (χ1) is 12.5. The standard InChI is InChI=1S/C20H25FN2O4/c1-6-17(24)15-8-7-14(11-16(15)21)18(25)23-10-9-22(12-13(23)2)19(26)27-20(3,4)5/h1,7-8,11,13,17,24H,9-10,12H2,2-5H3. The molecule has 6 nitrogen and oxygen atoms in total. The molecule has 2 rings (SSSR count). The molecule has 0 aliphatic carbocycles. The summed E-state index contributed by atoms with van der Waals surface area (Å²) in [6.45, 7) is 8.19.